The quantitative estimate of drug-likeness (QED) is 0.543. The molecule has 26 heavy (non-hydrogen) atoms. The number of nitrogens with zero attached hydrogens (tertiary/aromatic N) is 4. The summed E-state index contributed by atoms with van der Waals surface area (Å²) >= 11 is 0. The lowest BCUT2D eigenvalue weighted by atomic mass is 10.1. The number of nitrogens with one attached hydrogen (secondary N) is 1. The summed E-state index contributed by atoms with van der Waals surface area (Å²) in [6.45, 7) is 2.75. The van der Waals surface area contributed by atoms with Crippen molar-refractivity contribution in [3.63, 3.8) is 0 Å². The van der Waals surface area contributed by atoms with Gasteiger partial charge in [0.25, 0.3) is 5.69 Å². The van der Waals surface area contributed by atoms with Crippen LogP contribution in [-0.2, 0) is 17.8 Å². The van der Waals surface area contributed by atoms with Crippen molar-refractivity contribution < 1.29 is 9.72 Å². The predicted molar refractivity (Wildman–Crippen MR) is 96.6 cm³/mol. The molecule has 1 aromatic heterocycles. The molecular weight excluding hydrogens is 334 g/mol. The van der Waals surface area contributed by atoms with Crippen LogP contribution in [0.1, 0.15) is 12.5 Å². The zero-order chi connectivity index (χ0) is 18.5. The molecule has 0 aliphatic rings. The fourth-order valence-electron chi connectivity index (χ4n) is 2.57. The first-order valence-corrected chi connectivity index (χ1v) is 8.08. The highest BCUT2D eigenvalue weighted by molar-refractivity contribution is 5.92. The van der Waals surface area contributed by atoms with Crippen molar-refractivity contribution in [2.75, 3.05) is 5.32 Å². The summed E-state index contributed by atoms with van der Waals surface area (Å²) in [6, 6.07) is 13.3. The van der Waals surface area contributed by atoms with Crippen molar-refractivity contribution in [2.24, 2.45) is 0 Å². The van der Waals surface area contributed by atoms with Crippen molar-refractivity contribution in [3.8, 4) is 11.4 Å². The second-order valence-corrected chi connectivity index (χ2v) is 5.67. The Balaban J connectivity index is 1.69. The maximum atomic E-state index is 12.2. The van der Waals surface area contributed by atoms with Crippen LogP contribution in [-0.4, -0.2) is 25.6 Å². The van der Waals surface area contributed by atoms with Crippen molar-refractivity contribution in [1.82, 2.24) is 14.8 Å². The number of hydrogen-bond donors (Lipinski definition) is 1. The first kappa shape index (κ1) is 17.3. The lowest BCUT2D eigenvalue weighted by Crippen LogP contribution is -2.14. The Hall–Kier alpha value is -3.55. The standard InChI is InChI=1S/C18H17N5O3/c1-2-22-12-19-21-18(22)14-4-3-5-15(11-14)20-17(24)10-13-6-8-16(9-7-13)23(25)26/h3-9,11-12H,2,10H2,1H3,(H,20,24). The summed E-state index contributed by atoms with van der Waals surface area (Å²) in [6.07, 6.45) is 1.79. The first-order chi connectivity index (χ1) is 12.6. The van der Waals surface area contributed by atoms with Crippen LogP contribution in [0.5, 0.6) is 0 Å². The van der Waals surface area contributed by atoms with Crippen LogP contribution >= 0.6 is 0 Å². The molecule has 1 heterocycles. The molecule has 0 aliphatic heterocycles. The molecule has 0 fully saturated rings. The fraction of sp³-hybridized carbons (Fsp3) is 0.167. The Morgan fingerprint density at radius 1 is 1.23 bits per heavy atom. The molecule has 0 atom stereocenters. The van der Waals surface area contributed by atoms with Gasteiger partial charge in [0, 0.05) is 29.9 Å². The van der Waals surface area contributed by atoms with E-state index in [4.69, 9.17) is 0 Å². The van der Waals surface area contributed by atoms with Gasteiger partial charge in [-0.2, -0.15) is 0 Å². The molecule has 0 unspecified atom stereocenters. The topological polar surface area (TPSA) is 103 Å². The third-order valence-electron chi connectivity index (χ3n) is 3.87. The molecule has 3 rings (SSSR count). The zero-order valence-corrected chi connectivity index (χ0v) is 14.1. The number of aryl methyl sites for hydroxylation is 1. The molecule has 1 N–H and O–H groups in total. The van der Waals surface area contributed by atoms with Crippen LogP contribution < -0.4 is 5.32 Å². The summed E-state index contributed by atoms with van der Waals surface area (Å²) in [5.41, 5.74) is 2.22. The van der Waals surface area contributed by atoms with Gasteiger partial charge in [0.1, 0.15) is 6.33 Å². The summed E-state index contributed by atoms with van der Waals surface area (Å²) in [5.74, 6) is 0.534. The normalized spacial score (nSPS) is 10.5. The fourth-order valence-corrected chi connectivity index (χ4v) is 2.57. The van der Waals surface area contributed by atoms with Gasteiger partial charge >= 0.3 is 0 Å². The van der Waals surface area contributed by atoms with E-state index in [1.165, 1.54) is 12.1 Å². The van der Waals surface area contributed by atoms with Crippen LogP contribution in [0.15, 0.2) is 54.9 Å². The summed E-state index contributed by atoms with van der Waals surface area (Å²) in [5, 5.41) is 21.5. The maximum absolute atomic E-state index is 12.2. The van der Waals surface area contributed by atoms with Crippen LogP contribution in [0, 0.1) is 10.1 Å². The number of carbonyl (C=O) groups is 1. The van der Waals surface area contributed by atoms with Gasteiger partial charge in [-0.15, -0.1) is 10.2 Å². The number of anilines is 1. The van der Waals surface area contributed by atoms with Gasteiger partial charge in [-0.1, -0.05) is 24.3 Å². The molecule has 0 saturated carbocycles. The summed E-state index contributed by atoms with van der Waals surface area (Å²) in [4.78, 5) is 22.4. The molecule has 1 amide bonds. The van der Waals surface area contributed by atoms with E-state index in [0.717, 1.165) is 17.9 Å². The van der Waals surface area contributed by atoms with Crippen LogP contribution in [0.3, 0.4) is 0 Å². The number of non-ortho nitro benzene ring substituents is 1. The van der Waals surface area contributed by atoms with Crippen molar-refractivity contribution in [1.29, 1.82) is 0 Å². The molecule has 8 nitrogen and oxygen atoms in total. The van der Waals surface area contributed by atoms with Gasteiger partial charge < -0.3 is 9.88 Å². The number of aromatic nitrogens is 3. The molecule has 132 valence electrons. The Labute approximate surface area is 149 Å². The minimum absolute atomic E-state index is 0.00175. The number of benzene rings is 2. The number of hydrogen-bond acceptors (Lipinski definition) is 5. The maximum Gasteiger partial charge on any atom is 0.269 e. The van der Waals surface area contributed by atoms with Crippen molar-refractivity contribution >= 4 is 17.3 Å². The molecular formula is C18H17N5O3. The number of nitro groups is 1. The monoisotopic (exact) mass is 351 g/mol. The van der Waals surface area contributed by atoms with Gasteiger partial charge in [0.15, 0.2) is 5.82 Å². The third kappa shape index (κ3) is 3.92. The van der Waals surface area contributed by atoms with E-state index in [1.54, 1.807) is 24.5 Å². The van der Waals surface area contributed by atoms with Crippen LogP contribution in [0.25, 0.3) is 11.4 Å². The Kier molecular flexibility index (Phi) is 5.02. The van der Waals surface area contributed by atoms with Gasteiger partial charge in [0.05, 0.1) is 11.3 Å². The largest absolute Gasteiger partial charge is 0.326 e. The SMILES string of the molecule is CCn1cnnc1-c1cccc(NC(=O)Cc2ccc([N+](=O)[O-])cc2)c1. The lowest BCUT2D eigenvalue weighted by Gasteiger charge is -2.08. The summed E-state index contributed by atoms with van der Waals surface area (Å²) in [7, 11) is 0. The second kappa shape index (κ2) is 7.56. The van der Waals surface area contributed by atoms with Crippen molar-refractivity contribution in [2.45, 2.75) is 19.9 Å². The molecule has 3 aromatic rings. The van der Waals surface area contributed by atoms with E-state index in [1.807, 2.05) is 29.7 Å². The Bertz CT molecular complexity index is 934. The smallest absolute Gasteiger partial charge is 0.269 e. The average Bonchev–Trinajstić information content (AvgIpc) is 3.11. The minimum Gasteiger partial charge on any atom is -0.326 e. The number of amides is 1. The van der Waals surface area contributed by atoms with E-state index in [0.29, 0.717) is 11.3 Å². The molecule has 0 radical (unpaired) electrons. The van der Waals surface area contributed by atoms with Gasteiger partial charge in [0.2, 0.25) is 5.91 Å². The Morgan fingerprint density at radius 2 is 2.00 bits per heavy atom. The molecule has 0 aliphatic carbocycles. The van der Waals surface area contributed by atoms with Crippen LogP contribution in [0.2, 0.25) is 0 Å². The number of rotatable bonds is 6. The van der Waals surface area contributed by atoms with E-state index < -0.39 is 4.92 Å². The van der Waals surface area contributed by atoms with E-state index >= 15 is 0 Å². The number of nitro benzene ring substituents is 1. The van der Waals surface area contributed by atoms with E-state index in [-0.39, 0.29) is 18.0 Å². The Morgan fingerprint density at radius 3 is 2.69 bits per heavy atom. The van der Waals surface area contributed by atoms with E-state index in [9.17, 15) is 14.9 Å². The summed E-state index contributed by atoms with van der Waals surface area (Å²) < 4.78 is 1.91. The van der Waals surface area contributed by atoms with Gasteiger partial charge in [-0.25, -0.2) is 0 Å². The highest BCUT2D eigenvalue weighted by Gasteiger charge is 2.10. The van der Waals surface area contributed by atoms with E-state index in [2.05, 4.69) is 15.5 Å². The van der Waals surface area contributed by atoms with Gasteiger partial charge in [-0.3, -0.25) is 14.9 Å². The highest BCUT2D eigenvalue weighted by atomic mass is 16.6. The highest BCUT2D eigenvalue weighted by Crippen LogP contribution is 2.21. The third-order valence-corrected chi connectivity index (χ3v) is 3.87. The average molecular weight is 351 g/mol. The molecule has 0 saturated heterocycles. The van der Waals surface area contributed by atoms with Gasteiger partial charge in [-0.05, 0) is 24.6 Å². The number of carbonyl (C=O) groups excluding carboxylic acids is 1. The lowest BCUT2D eigenvalue weighted by molar-refractivity contribution is -0.384. The first-order valence-electron chi connectivity index (χ1n) is 8.08. The van der Waals surface area contributed by atoms with Crippen LogP contribution in [0.4, 0.5) is 11.4 Å². The second-order valence-electron chi connectivity index (χ2n) is 5.67. The minimum atomic E-state index is -0.468. The molecule has 0 spiro atoms. The van der Waals surface area contributed by atoms with Crippen molar-refractivity contribution in [3.05, 3.63) is 70.5 Å². The zero-order valence-electron chi connectivity index (χ0n) is 14.1. The molecule has 0 bridgehead atoms. The molecule has 2 aromatic carbocycles. The molecule has 8 heteroatoms. The predicted octanol–water partition coefficient (Wildman–Crippen LogP) is 3.05.